The molecule has 0 aliphatic carbocycles. The van der Waals surface area contributed by atoms with E-state index in [-0.39, 0.29) is 0 Å². The van der Waals surface area contributed by atoms with Crippen LogP contribution in [0, 0.1) is 11.3 Å². The highest BCUT2D eigenvalue weighted by Crippen LogP contribution is 2.29. The predicted octanol–water partition coefficient (Wildman–Crippen LogP) is 3.72. The highest BCUT2D eigenvalue weighted by atomic mass is 16.5. The van der Waals surface area contributed by atoms with Gasteiger partial charge in [-0.25, -0.2) is 0 Å². The fraction of sp³-hybridized carbons (Fsp3) is 0.389. The highest BCUT2D eigenvalue weighted by Gasteiger charge is 2.17. The van der Waals surface area contributed by atoms with Crippen molar-refractivity contribution in [1.82, 2.24) is 0 Å². The maximum absolute atomic E-state index is 9.24. The van der Waals surface area contributed by atoms with Crippen molar-refractivity contribution < 1.29 is 4.74 Å². The summed E-state index contributed by atoms with van der Waals surface area (Å²) in [7, 11) is 2.10. The fourth-order valence-corrected chi connectivity index (χ4v) is 3.07. The minimum Gasteiger partial charge on any atom is -0.376 e. The molecule has 1 fully saturated rings. The normalized spacial score (nSPS) is 18.4. The number of ether oxygens (including phenoxy) is 1. The van der Waals surface area contributed by atoms with Crippen LogP contribution >= 0.6 is 0 Å². The number of hydrogen-bond donors (Lipinski definition) is 0. The van der Waals surface area contributed by atoms with Gasteiger partial charge in [0.15, 0.2) is 0 Å². The molecule has 1 aliphatic heterocycles. The lowest BCUT2D eigenvalue weighted by Crippen LogP contribution is -2.33. The summed E-state index contributed by atoms with van der Waals surface area (Å²) in [5.74, 6) is 0. The van der Waals surface area contributed by atoms with Gasteiger partial charge in [0.2, 0.25) is 0 Å². The van der Waals surface area contributed by atoms with Gasteiger partial charge in [0.05, 0.1) is 17.7 Å². The maximum atomic E-state index is 9.24. The topological polar surface area (TPSA) is 36.3 Å². The van der Waals surface area contributed by atoms with Gasteiger partial charge in [-0.05, 0) is 31.4 Å². The summed E-state index contributed by atoms with van der Waals surface area (Å²) in [6.45, 7) is 1.78. The van der Waals surface area contributed by atoms with Gasteiger partial charge < -0.3 is 9.64 Å². The smallest absolute Gasteiger partial charge is 0.0998 e. The van der Waals surface area contributed by atoms with E-state index < -0.39 is 0 Å². The zero-order chi connectivity index (χ0) is 14.7. The lowest BCUT2D eigenvalue weighted by molar-refractivity contribution is 0.0216. The number of nitrogens with zero attached hydrogens (tertiary/aromatic N) is 2. The quantitative estimate of drug-likeness (QED) is 0.859. The highest BCUT2D eigenvalue weighted by molar-refractivity contribution is 5.97. The molecular formula is C18H20N2O. The van der Waals surface area contributed by atoms with E-state index in [0.717, 1.165) is 35.9 Å². The van der Waals surface area contributed by atoms with Crippen LogP contribution in [0.4, 0.5) is 5.69 Å². The molecule has 0 N–H and O–H groups in total. The first kappa shape index (κ1) is 13.9. The Hall–Kier alpha value is -2.05. The Kier molecular flexibility index (Phi) is 4.08. The monoisotopic (exact) mass is 280 g/mol. The minimum absolute atomic E-state index is 0.318. The van der Waals surface area contributed by atoms with Gasteiger partial charge in [0.25, 0.3) is 0 Å². The van der Waals surface area contributed by atoms with Gasteiger partial charge in [-0.1, -0.05) is 24.3 Å². The first-order chi connectivity index (χ1) is 10.3. The zero-order valence-corrected chi connectivity index (χ0v) is 12.4. The molecule has 1 unspecified atom stereocenters. The molecule has 2 aromatic carbocycles. The Morgan fingerprint density at radius 2 is 2.00 bits per heavy atom. The minimum atomic E-state index is 0.318. The van der Waals surface area contributed by atoms with Crippen LogP contribution in [0.15, 0.2) is 36.4 Å². The van der Waals surface area contributed by atoms with Gasteiger partial charge in [-0.15, -0.1) is 0 Å². The Morgan fingerprint density at radius 1 is 1.19 bits per heavy atom. The van der Waals surface area contributed by atoms with Crippen LogP contribution < -0.4 is 4.90 Å². The van der Waals surface area contributed by atoms with Crippen molar-refractivity contribution in [1.29, 1.82) is 5.26 Å². The number of likely N-dealkylation sites (N-methyl/N-ethyl adjacent to an activating group) is 1. The van der Waals surface area contributed by atoms with Crippen LogP contribution in [0.2, 0.25) is 0 Å². The summed E-state index contributed by atoms with van der Waals surface area (Å²) in [6, 6.07) is 14.3. The SMILES string of the molecule is CN(CC1CCCCO1)c1ccc(C#N)c2ccccc12. The van der Waals surface area contributed by atoms with Crippen LogP contribution in [0.5, 0.6) is 0 Å². The molecule has 108 valence electrons. The summed E-state index contributed by atoms with van der Waals surface area (Å²) in [4.78, 5) is 2.25. The van der Waals surface area contributed by atoms with Crippen molar-refractivity contribution in [2.75, 3.05) is 25.1 Å². The maximum Gasteiger partial charge on any atom is 0.0998 e. The number of nitriles is 1. The van der Waals surface area contributed by atoms with Crippen molar-refractivity contribution in [3.05, 3.63) is 42.0 Å². The van der Waals surface area contributed by atoms with E-state index in [2.05, 4.69) is 24.1 Å². The van der Waals surface area contributed by atoms with E-state index in [1.54, 1.807) is 0 Å². The molecule has 21 heavy (non-hydrogen) atoms. The summed E-state index contributed by atoms with van der Waals surface area (Å²) in [5, 5.41) is 11.4. The molecule has 0 amide bonds. The molecule has 3 rings (SSSR count). The summed E-state index contributed by atoms with van der Waals surface area (Å²) < 4.78 is 5.83. The molecule has 0 saturated carbocycles. The molecule has 0 bridgehead atoms. The fourth-order valence-electron chi connectivity index (χ4n) is 3.07. The predicted molar refractivity (Wildman–Crippen MR) is 85.5 cm³/mol. The van der Waals surface area contributed by atoms with Crippen LogP contribution in [-0.4, -0.2) is 26.3 Å². The average molecular weight is 280 g/mol. The molecule has 3 nitrogen and oxygen atoms in total. The van der Waals surface area contributed by atoms with Gasteiger partial charge in [0, 0.05) is 36.7 Å². The van der Waals surface area contributed by atoms with E-state index in [1.165, 1.54) is 18.5 Å². The van der Waals surface area contributed by atoms with Crippen LogP contribution in [0.3, 0.4) is 0 Å². The Balaban J connectivity index is 1.91. The van der Waals surface area contributed by atoms with Crippen molar-refractivity contribution in [3.63, 3.8) is 0 Å². The lowest BCUT2D eigenvalue weighted by Gasteiger charge is -2.29. The number of hydrogen-bond acceptors (Lipinski definition) is 3. The molecule has 0 spiro atoms. The summed E-state index contributed by atoms with van der Waals surface area (Å²) in [5.41, 5.74) is 1.90. The number of benzene rings is 2. The van der Waals surface area contributed by atoms with Crippen LogP contribution in [0.1, 0.15) is 24.8 Å². The average Bonchev–Trinajstić information content (AvgIpc) is 2.54. The first-order valence-electron chi connectivity index (χ1n) is 7.54. The number of fused-ring (bicyclic) bond motifs is 1. The van der Waals surface area contributed by atoms with Crippen molar-refractivity contribution >= 4 is 16.5 Å². The second kappa shape index (κ2) is 6.15. The molecule has 0 aromatic heterocycles. The number of rotatable bonds is 3. The third kappa shape index (κ3) is 2.86. The standard InChI is InChI=1S/C18H20N2O/c1-20(13-15-6-4-5-11-21-15)18-10-9-14(12-19)16-7-2-3-8-17(16)18/h2-3,7-10,15H,4-6,11,13H2,1H3. The van der Waals surface area contributed by atoms with E-state index in [9.17, 15) is 5.26 Å². The van der Waals surface area contributed by atoms with Crippen LogP contribution in [0.25, 0.3) is 10.8 Å². The Bertz CT molecular complexity index is 668. The third-order valence-corrected chi connectivity index (χ3v) is 4.18. The summed E-state index contributed by atoms with van der Waals surface area (Å²) >= 11 is 0. The molecule has 1 saturated heterocycles. The van der Waals surface area contributed by atoms with Gasteiger partial charge in [0.1, 0.15) is 0 Å². The van der Waals surface area contributed by atoms with Crippen LogP contribution in [-0.2, 0) is 4.74 Å². The van der Waals surface area contributed by atoms with E-state index in [4.69, 9.17) is 4.74 Å². The third-order valence-electron chi connectivity index (χ3n) is 4.18. The van der Waals surface area contributed by atoms with E-state index in [1.807, 2.05) is 30.3 Å². The number of anilines is 1. The summed E-state index contributed by atoms with van der Waals surface area (Å²) in [6.07, 6.45) is 3.89. The first-order valence-corrected chi connectivity index (χ1v) is 7.54. The van der Waals surface area contributed by atoms with E-state index in [0.29, 0.717) is 6.10 Å². The van der Waals surface area contributed by atoms with Gasteiger partial charge in [-0.3, -0.25) is 0 Å². The second-order valence-electron chi connectivity index (χ2n) is 5.66. The van der Waals surface area contributed by atoms with Crippen molar-refractivity contribution in [3.8, 4) is 6.07 Å². The second-order valence-corrected chi connectivity index (χ2v) is 5.66. The Labute approximate surface area is 125 Å². The molecule has 1 atom stereocenters. The molecule has 0 radical (unpaired) electrons. The largest absolute Gasteiger partial charge is 0.376 e. The molecule has 3 heteroatoms. The Morgan fingerprint density at radius 3 is 2.71 bits per heavy atom. The molecular weight excluding hydrogens is 260 g/mol. The zero-order valence-electron chi connectivity index (χ0n) is 12.4. The van der Waals surface area contributed by atoms with E-state index >= 15 is 0 Å². The lowest BCUT2D eigenvalue weighted by atomic mass is 10.0. The van der Waals surface area contributed by atoms with Crippen molar-refractivity contribution in [2.45, 2.75) is 25.4 Å². The van der Waals surface area contributed by atoms with Gasteiger partial charge in [-0.2, -0.15) is 5.26 Å². The molecule has 1 heterocycles. The molecule has 1 aliphatic rings. The molecule has 2 aromatic rings. The van der Waals surface area contributed by atoms with Crippen molar-refractivity contribution in [2.24, 2.45) is 0 Å². The van der Waals surface area contributed by atoms with Gasteiger partial charge >= 0.3 is 0 Å².